The minimum Gasteiger partial charge on any atom is -0.380 e. The summed E-state index contributed by atoms with van der Waals surface area (Å²) in [6.07, 6.45) is 4.14. The van der Waals surface area contributed by atoms with Gasteiger partial charge in [0.05, 0.1) is 6.61 Å². The van der Waals surface area contributed by atoms with E-state index in [0.29, 0.717) is 0 Å². The van der Waals surface area contributed by atoms with Crippen LogP contribution in [0.3, 0.4) is 0 Å². The molecule has 0 amide bonds. The summed E-state index contributed by atoms with van der Waals surface area (Å²) in [6, 6.07) is 0.721. The van der Waals surface area contributed by atoms with Crippen LogP contribution in [0.2, 0.25) is 0 Å². The van der Waals surface area contributed by atoms with Crippen LogP contribution >= 0.6 is 0 Å². The first-order valence-corrected chi connectivity index (χ1v) is 6.06. The molecule has 1 aliphatic rings. The molecule has 14 heavy (non-hydrogen) atoms. The molecule has 0 aromatic carbocycles. The van der Waals surface area contributed by atoms with Crippen LogP contribution in [0.5, 0.6) is 0 Å². The van der Waals surface area contributed by atoms with Crippen molar-refractivity contribution in [3.63, 3.8) is 0 Å². The number of hydrogen-bond donors (Lipinski definition) is 1. The molecule has 1 N–H and O–H groups in total. The standard InChI is InChI=1S/C12H25NO/c1-4-14-9-8-13-12-7-5-6-10(2)11(12)3/h10-13H,4-9H2,1-3H3. The molecule has 3 atom stereocenters. The number of nitrogens with one attached hydrogen (secondary N) is 1. The molecule has 2 nitrogen and oxygen atoms in total. The van der Waals surface area contributed by atoms with Crippen molar-refractivity contribution in [1.82, 2.24) is 5.32 Å². The van der Waals surface area contributed by atoms with Gasteiger partial charge in [0, 0.05) is 19.2 Å². The monoisotopic (exact) mass is 199 g/mol. The Bertz CT molecular complexity index is 149. The van der Waals surface area contributed by atoms with Crippen molar-refractivity contribution in [2.75, 3.05) is 19.8 Å². The lowest BCUT2D eigenvalue weighted by molar-refractivity contribution is 0.135. The lowest BCUT2D eigenvalue weighted by Crippen LogP contribution is -2.41. The fourth-order valence-corrected chi connectivity index (χ4v) is 2.33. The van der Waals surface area contributed by atoms with Crippen molar-refractivity contribution in [3.05, 3.63) is 0 Å². The van der Waals surface area contributed by atoms with Gasteiger partial charge >= 0.3 is 0 Å². The van der Waals surface area contributed by atoms with Gasteiger partial charge < -0.3 is 10.1 Å². The van der Waals surface area contributed by atoms with Crippen LogP contribution < -0.4 is 5.32 Å². The largest absolute Gasteiger partial charge is 0.380 e. The summed E-state index contributed by atoms with van der Waals surface area (Å²) in [5.41, 5.74) is 0. The third-order valence-electron chi connectivity index (χ3n) is 3.56. The predicted molar refractivity (Wildman–Crippen MR) is 60.5 cm³/mol. The molecule has 0 aromatic heterocycles. The molecule has 0 saturated heterocycles. The lowest BCUT2D eigenvalue weighted by Gasteiger charge is -2.34. The minimum atomic E-state index is 0.721. The van der Waals surface area contributed by atoms with Gasteiger partial charge in [0.1, 0.15) is 0 Å². The van der Waals surface area contributed by atoms with Crippen LogP contribution in [0, 0.1) is 11.8 Å². The van der Waals surface area contributed by atoms with Crippen molar-refractivity contribution in [1.29, 1.82) is 0 Å². The van der Waals surface area contributed by atoms with Crippen molar-refractivity contribution in [3.8, 4) is 0 Å². The summed E-state index contributed by atoms with van der Waals surface area (Å²) in [5.74, 6) is 1.71. The Kier molecular flexibility index (Phi) is 5.49. The van der Waals surface area contributed by atoms with Gasteiger partial charge in [0.25, 0.3) is 0 Å². The molecule has 0 radical (unpaired) electrons. The second-order valence-corrected chi connectivity index (χ2v) is 4.52. The molecular weight excluding hydrogens is 174 g/mol. The Labute approximate surface area is 88.4 Å². The first kappa shape index (κ1) is 12.0. The average Bonchev–Trinajstić information content (AvgIpc) is 2.19. The van der Waals surface area contributed by atoms with Gasteiger partial charge in [-0.05, 0) is 25.2 Å². The van der Waals surface area contributed by atoms with Crippen LogP contribution in [0.15, 0.2) is 0 Å². The van der Waals surface area contributed by atoms with Gasteiger partial charge in [-0.3, -0.25) is 0 Å². The molecule has 0 bridgehead atoms. The topological polar surface area (TPSA) is 21.3 Å². The summed E-state index contributed by atoms with van der Waals surface area (Å²) in [5, 5.41) is 3.61. The van der Waals surface area contributed by atoms with Gasteiger partial charge in [-0.25, -0.2) is 0 Å². The number of rotatable bonds is 5. The summed E-state index contributed by atoms with van der Waals surface area (Å²) in [4.78, 5) is 0. The molecule has 0 heterocycles. The molecule has 84 valence electrons. The molecule has 2 heteroatoms. The highest BCUT2D eigenvalue weighted by molar-refractivity contribution is 4.81. The van der Waals surface area contributed by atoms with Crippen molar-refractivity contribution in [2.45, 2.75) is 46.1 Å². The summed E-state index contributed by atoms with van der Waals surface area (Å²) in [6.45, 7) is 9.50. The Hall–Kier alpha value is -0.0800. The summed E-state index contributed by atoms with van der Waals surface area (Å²) >= 11 is 0. The van der Waals surface area contributed by atoms with Gasteiger partial charge in [-0.15, -0.1) is 0 Å². The molecule has 3 unspecified atom stereocenters. The SMILES string of the molecule is CCOCCNC1CCCC(C)C1C. The van der Waals surface area contributed by atoms with Crippen molar-refractivity contribution < 1.29 is 4.74 Å². The minimum absolute atomic E-state index is 0.721. The van der Waals surface area contributed by atoms with Crippen molar-refractivity contribution >= 4 is 0 Å². The first-order valence-electron chi connectivity index (χ1n) is 6.06. The summed E-state index contributed by atoms with van der Waals surface area (Å²) < 4.78 is 5.32. The van der Waals surface area contributed by atoms with E-state index in [1.54, 1.807) is 0 Å². The Balaban J connectivity index is 2.15. The molecular formula is C12H25NO. The molecule has 1 saturated carbocycles. The summed E-state index contributed by atoms with van der Waals surface area (Å²) in [7, 11) is 0. The Morgan fingerprint density at radius 3 is 2.79 bits per heavy atom. The molecule has 1 fully saturated rings. The van der Waals surface area contributed by atoms with Crippen LogP contribution in [0.25, 0.3) is 0 Å². The van der Waals surface area contributed by atoms with Crippen LogP contribution in [-0.4, -0.2) is 25.8 Å². The fourth-order valence-electron chi connectivity index (χ4n) is 2.33. The molecule has 0 aromatic rings. The zero-order valence-electron chi connectivity index (χ0n) is 9.88. The molecule has 1 rings (SSSR count). The smallest absolute Gasteiger partial charge is 0.0590 e. The Morgan fingerprint density at radius 2 is 2.07 bits per heavy atom. The normalized spacial score (nSPS) is 33.2. The van der Waals surface area contributed by atoms with Gasteiger partial charge in [-0.1, -0.05) is 26.7 Å². The predicted octanol–water partition coefficient (Wildman–Crippen LogP) is 2.44. The van der Waals surface area contributed by atoms with Gasteiger partial charge in [0.2, 0.25) is 0 Å². The zero-order valence-corrected chi connectivity index (χ0v) is 9.88. The number of ether oxygens (including phenoxy) is 1. The van der Waals surface area contributed by atoms with Gasteiger partial charge in [0.15, 0.2) is 0 Å². The zero-order chi connectivity index (χ0) is 10.4. The third-order valence-corrected chi connectivity index (χ3v) is 3.56. The van der Waals surface area contributed by atoms with E-state index in [1.165, 1.54) is 19.3 Å². The maximum absolute atomic E-state index is 5.32. The Morgan fingerprint density at radius 1 is 1.29 bits per heavy atom. The average molecular weight is 199 g/mol. The van der Waals surface area contributed by atoms with Crippen LogP contribution in [0.4, 0.5) is 0 Å². The molecule has 0 aliphatic heterocycles. The highest BCUT2D eigenvalue weighted by Gasteiger charge is 2.26. The highest BCUT2D eigenvalue weighted by Crippen LogP contribution is 2.29. The number of hydrogen-bond acceptors (Lipinski definition) is 2. The first-order chi connectivity index (χ1) is 6.75. The fraction of sp³-hybridized carbons (Fsp3) is 1.00. The van der Waals surface area contributed by atoms with E-state index in [1.807, 2.05) is 6.92 Å². The van der Waals surface area contributed by atoms with E-state index >= 15 is 0 Å². The van der Waals surface area contributed by atoms with E-state index in [-0.39, 0.29) is 0 Å². The van der Waals surface area contributed by atoms with E-state index in [2.05, 4.69) is 19.2 Å². The second kappa shape index (κ2) is 6.41. The molecule has 1 aliphatic carbocycles. The van der Waals surface area contributed by atoms with Crippen LogP contribution in [-0.2, 0) is 4.74 Å². The van der Waals surface area contributed by atoms with E-state index < -0.39 is 0 Å². The highest BCUT2D eigenvalue weighted by atomic mass is 16.5. The van der Waals surface area contributed by atoms with E-state index in [9.17, 15) is 0 Å². The third kappa shape index (κ3) is 3.58. The molecule has 0 spiro atoms. The van der Waals surface area contributed by atoms with E-state index in [0.717, 1.165) is 37.6 Å². The van der Waals surface area contributed by atoms with Crippen LogP contribution in [0.1, 0.15) is 40.0 Å². The second-order valence-electron chi connectivity index (χ2n) is 4.52. The van der Waals surface area contributed by atoms with Crippen molar-refractivity contribution in [2.24, 2.45) is 11.8 Å². The maximum Gasteiger partial charge on any atom is 0.0590 e. The quantitative estimate of drug-likeness (QED) is 0.687. The lowest BCUT2D eigenvalue weighted by atomic mass is 9.78. The van der Waals surface area contributed by atoms with E-state index in [4.69, 9.17) is 4.74 Å². The van der Waals surface area contributed by atoms with Gasteiger partial charge in [-0.2, -0.15) is 0 Å². The maximum atomic E-state index is 5.32.